The standard InChI is InChI=1S/C19H22N8O/c1-11-15-9-13(10-20-18(15)25-24-11)22-19-23-17-4-2-3-16(27(17)26-19)21-12-5-7-14(28)8-6-12/h2-4,9-10,12,14,21,28H,5-8H2,1H3,(H,22,26)(H,20,24,25)/t12-,14+. The first-order valence-electron chi connectivity index (χ1n) is 9.54. The van der Waals surface area contributed by atoms with E-state index >= 15 is 0 Å². The van der Waals surface area contributed by atoms with Gasteiger partial charge in [-0.1, -0.05) is 6.07 Å². The molecule has 0 amide bonds. The summed E-state index contributed by atoms with van der Waals surface area (Å²) in [6, 6.07) is 8.22. The topological polar surface area (TPSA) is 116 Å². The van der Waals surface area contributed by atoms with E-state index in [1.807, 2.05) is 35.7 Å². The fourth-order valence-electron chi connectivity index (χ4n) is 3.72. The van der Waals surface area contributed by atoms with Crippen LogP contribution in [0.3, 0.4) is 0 Å². The van der Waals surface area contributed by atoms with E-state index in [1.165, 1.54) is 0 Å². The number of aliphatic hydroxyl groups is 1. The van der Waals surface area contributed by atoms with Crippen LogP contribution in [-0.2, 0) is 0 Å². The number of pyridine rings is 2. The maximum absolute atomic E-state index is 9.70. The van der Waals surface area contributed by atoms with Crippen LogP contribution in [0.2, 0.25) is 0 Å². The number of nitrogens with one attached hydrogen (secondary N) is 3. The van der Waals surface area contributed by atoms with Crippen molar-refractivity contribution in [1.82, 2.24) is 29.8 Å². The van der Waals surface area contributed by atoms with E-state index in [9.17, 15) is 5.11 Å². The third kappa shape index (κ3) is 3.13. The molecule has 9 heteroatoms. The summed E-state index contributed by atoms with van der Waals surface area (Å²) in [5.74, 6) is 1.41. The minimum absolute atomic E-state index is 0.166. The molecule has 4 aromatic rings. The van der Waals surface area contributed by atoms with Gasteiger partial charge in [-0.2, -0.15) is 14.6 Å². The summed E-state index contributed by atoms with van der Waals surface area (Å²) in [4.78, 5) is 8.95. The van der Waals surface area contributed by atoms with Crippen molar-refractivity contribution in [2.24, 2.45) is 0 Å². The molecule has 9 nitrogen and oxygen atoms in total. The van der Waals surface area contributed by atoms with Crippen molar-refractivity contribution in [3.05, 3.63) is 36.2 Å². The van der Waals surface area contributed by atoms with Gasteiger partial charge in [0.05, 0.1) is 23.7 Å². The van der Waals surface area contributed by atoms with Crippen molar-refractivity contribution in [2.45, 2.75) is 44.8 Å². The fourth-order valence-corrected chi connectivity index (χ4v) is 3.72. The van der Waals surface area contributed by atoms with Crippen LogP contribution in [0.25, 0.3) is 16.7 Å². The van der Waals surface area contributed by atoms with Crippen LogP contribution in [0, 0.1) is 6.92 Å². The highest BCUT2D eigenvalue weighted by Crippen LogP contribution is 2.24. The van der Waals surface area contributed by atoms with Crippen molar-refractivity contribution in [3.63, 3.8) is 0 Å². The van der Waals surface area contributed by atoms with Crippen molar-refractivity contribution in [3.8, 4) is 0 Å². The highest BCUT2D eigenvalue weighted by molar-refractivity contribution is 5.81. The lowest BCUT2D eigenvalue weighted by Gasteiger charge is -2.26. The summed E-state index contributed by atoms with van der Waals surface area (Å²) >= 11 is 0. The molecule has 4 heterocycles. The number of nitrogens with zero attached hydrogens (tertiary/aromatic N) is 5. The lowest BCUT2D eigenvalue weighted by Crippen LogP contribution is -2.29. The van der Waals surface area contributed by atoms with Crippen LogP contribution in [0.5, 0.6) is 0 Å². The van der Waals surface area contributed by atoms with Crippen LogP contribution >= 0.6 is 0 Å². The molecule has 0 atom stereocenters. The Balaban J connectivity index is 1.40. The van der Waals surface area contributed by atoms with E-state index in [-0.39, 0.29) is 6.10 Å². The van der Waals surface area contributed by atoms with Crippen molar-refractivity contribution in [2.75, 3.05) is 10.6 Å². The van der Waals surface area contributed by atoms with Gasteiger partial charge in [0.1, 0.15) is 5.82 Å². The van der Waals surface area contributed by atoms with Gasteiger partial charge in [-0.05, 0) is 50.8 Å². The number of hydrogen-bond acceptors (Lipinski definition) is 7. The van der Waals surface area contributed by atoms with Crippen LogP contribution in [0.15, 0.2) is 30.5 Å². The Kier molecular flexibility index (Phi) is 4.09. The number of aromatic amines is 1. The molecule has 144 valence electrons. The van der Waals surface area contributed by atoms with Crippen LogP contribution < -0.4 is 10.6 Å². The molecular weight excluding hydrogens is 356 g/mol. The summed E-state index contributed by atoms with van der Waals surface area (Å²) < 4.78 is 1.81. The monoisotopic (exact) mass is 378 g/mol. The zero-order valence-corrected chi connectivity index (χ0v) is 15.6. The SMILES string of the molecule is Cc1n[nH]c2ncc(Nc3nc4cccc(N[C@H]5CC[C@@H](O)CC5)n4n3)cc12. The number of hydrogen-bond donors (Lipinski definition) is 4. The zero-order valence-electron chi connectivity index (χ0n) is 15.6. The van der Waals surface area contributed by atoms with E-state index in [4.69, 9.17) is 0 Å². The van der Waals surface area contributed by atoms with Gasteiger partial charge in [-0.3, -0.25) is 5.10 Å². The Morgan fingerprint density at radius 2 is 2.07 bits per heavy atom. The molecule has 5 rings (SSSR count). The van der Waals surface area contributed by atoms with E-state index in [0.717, 1.165) is 59.6 Å². The normalized spacial score (nSPS) is 19.9. The average molecular weight is 378 g/mol. The third-order valence-corrected chi connectivity index (χ3v) is 5.27. The summed E-state index contributed by atoms with van der Waals surface area (Å²) in [5, 5.41) is 29.1. The summed E-state index contributed by atoms with van der Waals surface area (Å²) in [6.07, 6.45) is 5.14. The highest BCUT2D eigenvalue weighted by Gasteiger charge is 2.20. The Morgan fingerprint density at radius 3 is 2.93 bits per heavy atom. The number of aliphatic hydroxyl groups excluding tert-OH is 1. The molecule has 1 aliphatic carbocycles. The minimum atomic E-state index is -0.166. The lowest BCUT2D eigenvalue weighted by atomic mass is 9.93. The largest absolute Gasteiger partial charge is 0.393 e. The van der Waals surface area contributed by atoms with E-state index < -0.39 is 0 Å². The van der Waals surface area contributed by atoms with Crippen LogP contribution in [0.1, 0.15) is 31.4 Å². The number of H-pyrrole nitrogens is 1. The van der Waals surface area contributed by atoms with E-state index in [0.29, 0.717) is 12.0 Å². The van der Waals surface area contributed by atoms with Gasteiger partial charge in [0, 0.05) is 11.4 Å². The molecular formula is C19H22N8O. The van der Waals surface area contributed by atoms with Gasteiger partial charge in [0.25, 0.3) is 0 Å². The predicted octanol–water partition coefficient (Wildman–Crippen LogP) is 2.77. The third-order valence-electron chi connectivity index (χ3n) is 5.27. The molecule has 0 saturated heterocycles. The van der Waals surface area contributed by atoms with E-state index in [2.05, 4.69) is 35.9 Å². The van der Waals surface area contributed by atoms with Crippen LogP contribution in [0.4, 0.5) is 17.5 Å². The van der Waals surface area contributed by atoms with Gasteiger partial charge in [-0.15, -0.1) is 5.10 Å². The van der Waals surface area contributed by atoms with Gasteiger partial charge >= 0.3 is 0 Å². The molecule has 0 aromatic carbocycles. The molecule has 0 bridgehead atoms. The molecule has 1 fully saturated rings. The second kappa shape index (κ2) is 6.75. The molecule has 1 saturated carbocycles. The van der Waals surface area contributed by atoms with Crippen molar-refractivity contribution >= 4 is 34.1 Å². The predicted molar refractivity (Wildman–Crippen MR) is 107 cm³/mol. The Morgan fingerprint density at radius 1 is 1.21 bits per heavy atom. The Bertz CT molecular complexity index is 1130. The number of aromatic nitrogens is 6. The van der Waals surface area contributed by atoms with Crippen LogP contribution in [-0.4, -0.2) is 47.0 Å². The molecule has 0 aliphatic heterocycles. The number of rotatable bonds is 4. The smallest absolute Gasteiger partial charge is 0.247 e. The van der Waals surface area contributed by atoms with E-state index in [1.54, 1.807) is 6.20 Å². The molecule has 0 unspecified atom stereocenters. The minimum Gasteiger partial charge on any atom is -0.393 e. The Labute approximate surface area is 161 Å². The van der Waals surface area contributed by atoms with Gasteiger partial charge in [0.2, 0.25) is 5.95 Å². The molecule has 4 N–H and O–H groups in total. The maximum atomic E-state index is 9.70. The van der Waals surface area contributed by atoms with Crippen molar-refractivity contribution < 1.29 is 5.11 Å². The molecule has 0 spiro atoms. The second-order valence-corrected chi connectivity index (χ2v) is 7.32. The first-order chi connectivity index (χ1) is 13.7. The lowest BCUT2D eigenvalue weighted by molar-refractivity contribution is 0.126. The quantitative estimate of drug-likeness (QED) is 0.431. The molecule has 1 aliphatic rings. The number of aryl methyl sites for hydroxylation is 1. The summed E-state index contributed by atoms with van der Waals surface area (Å²) in [7, 11) is 0. The first kappa shape index (κ1) is 16.9. The molecule has 0 radical (unpaired) electrons. The van der Waals surface area contributed by atoms with Gasteiger partial charge in [-0.25, -0.2) is 4.98 Å². The van der Waals surface area contributed by atoms with Gasteiger partial charge in [0.15, 0.2) is 11.3 Å². The summed E-state index contributed by atoms with van der Waals surface area (Å²) in [6.45, 7) is 1.94. The average Bonchev–Trinajstić information content (AvgIpc) is 3.28. The molecule has 28 heavy (non-hydrogen) atoms. The fraction of sp³-hybridized carbons (Fsp3) is 0.368. The maximum Gasteiger partial charge on any atom is 0.247 e. The van der Waals surface area contributed by atoms with Crippen molar-refractivity contribution in [1.29, 1.82) is 0 Å². The number of fused-ring (bicyclic) bond motifs is 2. The van der Waals surface area contributed by atoms with Gasteiger partial charge < -0.3 is 15.7 Å². The summed E-state index contributed by atoms with van der Waals surface area (Å²) in [5.41, 5.74) is 3.23. The highest BCUT2D eigenvalue weighted by atomic mass is 16.3. The number of anilines is 3. The molecule has 4 aromatic heterocycles. The second-order valence-electron chi connectivity index (χ2n) is 7.32. The Hall–Kier alpha value is -3.20. The first-order valence-corrected chi connectivity index (χ1v) is 9.54. The zero-order chi connectivity index (χ0) is 19.1.